The number of hydrogen-bond donors (Lipinski definition) is 1. The minimum atomic E-state index is 0.397. The summed E-state index contributed by atoms with van der Waals surface area (Å²) in [6.45, 7) is 9.93. The lowest BCUT2D eigenvalue weighted by atomic mass is 9.98. The molecule has 1 aromatic rings. The third kappa shape index (κ3) is 1.78. The fraction of sp³-hybridized carbons (Fsp3) is 0.600. The quantitative estimate of drug-likeness (QED) is 0.824. The third-order valence-electron chi connectivity index (χ3n) is 4.27. The Kier molecular flexibility index (Phi) is 2.83. The highest BCUT2D eigenvalue weighted by Crippen LogP contribution is 2.63. The average molecular weight is 217 g/mol. The van der Waals surface area contributed by atoms with Crippen molar-refractivity contribution >= 4 is 0 Å². The van der Waals surface area contributed by atoms with Crippen LogP contribution in [0.25, 0.3) is 0 Å². The molecule has 0 unspecified atom stereocenters. The molecule has 0 aromatic heterocycles. The van der Waals surface area contributed by atoms with E-state index < -0.39 is 0 Å². The molecule has 0 radical (unpaired) electrons. The van der Waals surface area contributed by atoms with Gasteiger partial charge in [0, 0.05) is 0 Å². The Labute approximate surface area is 99.0 Å². The van der Waals surface area contributed by atoms with E-state index in [4.69, 9.17) is 5.73 Å². The van der Waals surface area contributed by atoms with Gasteiger partial charge >= 0.3 is 0 Å². The summed E-state index contributed by atoms with van der Waals surface area (Å²) in [5, 5.41) is 0. The van der Waals surface area contributed by atoms with Gasteiger partial charge in [0.05, 0.1) is 0 Å². The molecule has 1 nitrogen and oxygen atoms in total. The molecule has 2 rings (SSSR count). The van der Waals surface area contributed by atoms with Crippen molar-refractivity contribution in [2.45, 2.75) is 39.5 Å². The van der Waals surface area contributed by atoms with Crippen LogP contribution in [0.5, 0.6) is 0 Å². The number of rotatable bonds is 3. The van der Waals surface area contributed by atoms with E-state index in [1.165, 1.54) is 11.1 Å². The standard InChI is InChI=1S/C15H23N/c1-10(2)11-5-7-12(8-6-11)14-13(9-16)15(14,3)4/h5-8,10,13-14H,9,16H2,1-4H3/t13-,14-/m0/s1. The molecule has 1 saturated carbocycles. The van der Waals surface area contributed by atoms with Gasteiger partial charge in [-0.15, -0.1) is 0 Å². The fourth-order valence-corrected chi connectivity index (χ4v) is 2.93. The minimum absolute atomic E-state index is 0.397. The van der Waals surface area contributed by atoms with Crippen molar-refractivity contribution in [2.24, 2.45) is 17.1 Å². The maximum Gasteiger partial charge on any atom is -0.00375 e. The SMILES string of the molecule is CC(C)c1ccc([C@H]2[C@H](CN)C2(C)C)cc1. The van der Waals surface area contributed by atoms with Crippen LogP contribution in [0.15, 0.2) is 24.3 Å². The van der Waals surface area contributed by atoms with Gasteiger partial charge in [-0.25, -0.2) is 0 Å². The average Bonchev–Trinajstić information content (AvgIpc) is 2.80. The molecule has 0 saturated heterocycles. The summed E-state index contributed by atoms with van der Waals surface area (Å²) in [5.41, 5.74) is 9.10. The van der Waals surface area contributed by atoms with Crippen molar-refractivity contribution in [3.8, 4) is 0 Å². The molecule has 0 heterocycles. The molecule has 2 atom stereocenters. The van der Waals surface area contributed by atoms with Crippen LogP contribution >= 0.6 is 0 Å². The molecule has 16 heavy (non-hydrogen) atoms. The van der Waals surface area contributed by atoms with Gasteiger partial charge in [-0.2, -0.15) is 0 Å². The lowest BCUT2D eigenvalue weighted by molar-refractivity contribution is 0.558. The highest BCUT2D eigenvalue weighted by molar-refractivity contribution is 5.34. The molecular weight excluding hydrogens is 194 g/mol. The number of benzene rings is 1. The molecule has 1 heteroatoms. The fourth-order valence-electron chi connectivity index (χ4n) is 2.93. The van der Waals surface area contributed by atoms with E-state index in [0.29, 0.717) is 23.2 Å². The third-order valence-corrected chi connectivity index (χ3v) is 4.27. The largest absolute Gasteiger partial charge is 0.330 e. The molecule has 0 aliphatic heterocycles. The zero-order chi connectivity index (χ0) is 11.9. The van der Waals surface area contributed by atoms with Crippen LogP contribution in [0, 0.1) is 11.3 Å². The molecule has 0 bridgehead atoms. The molecule has 2 N–H and O–H groups in total. The van der Waals surface area contributed by atoms with Crippen molar-refractivity contribution in [2.75, 3.05) is 6.54 Å². The van der Waals surface area contributed by atoms with Crippen LogP contribution in [-0.4, -0.2) is 6.54 Å². The van der Waals surface area contributed by atoms with Crippen LogP contribution in [0.3, 0.4) is 0 Å². The Morgan fingerprint density at radius 1 is 1.19 bits per heavy atom. The lowest BCUT2D eigenvalue weighted by Gasteiger charge is -2.07. The van der Waals surface area contributed by atoms with E-state index >= 15 is 0 Å². The molecule has 88 valence electrons. The van der Waals surface area contributed by atoms with Crippen LogP contribution in [0.2, 0.25) is 0 Å². The Balaban J connectivity index is 2.18. The summed E-state index contributed by atoms with van der Waals surface area (Å²) < 4.78 is 0. The monoisotopic (exact) mass is 217 g/mol. The normalized spacial score (nSPS) is 27.1. The Morgan fingerprint density at radius 2 is 1.75 bits per heavy atom. The first-order valence-electron chi connectivity index (χ1n) is 6.28. The highest BCUT2D eigenvalue weighted by Gasteiger charge is 2.56. The molecular formula is C15H23N. The second kappa shape index (κ2) is 3.89. The van der Waals surface area contributed by atoms with E-state index in [1.54, 1.807) is 0 Å². The van der Waals surface area contributed by atoms with Gasteiger partial charge in [-0.3, -0.25) is 0 Å². The van der Waals surface area contributed by atoms with Crippen LogP contribution < -0.4 is 5.73 Å². The van der Waals surface area contributed by atoms with Crippen molar-refractivity contribution in [3.05, 3.63) is 35.4 Å². The zero-order valence-electron chi connectivity index (χ0n) is 10.8. The van der Waals surface area contributed by atoms with Crippen LogP contribution in [-0.2, 0) is 0 Å². The maximum absolute atomic E-state index is 5.82. The van der Waals surface area contributed by atoms with E-state index in [-0.39, 0.29) is 0 Å². The van der Waals surface area contributed by atoms with Gasteiger partial charge < -0.3 is 5.73 Å². The summed E-state index contributed by atoms with van der Waals surface area (Å²) >= 11 is 0. The highest BCUT2D eigenvalue weighted by atomic mass is 14.7. The zero-order valence-corrected chi connectivity index (χ0v) is 10.8. The van der Waals surface area contributed by atoms with E-state index in [1.807, 2.05) is 0 Å². The van der Waals surface area contributed by atoms with Crippen LogP contribution in [0.1, 0.15) is 50.7 Å². The lowest BCUT2D eigenvalue weighted by Crippen LogP contribution is -2.05. The molecule has 1 fully saturated rings. The predicted molar refractivity (Wildman–Crippen MR) is 69.6 cm³/mol. The molecule has 0 spiro atoms. The first-order valence-corrected chi connectivity index (χ1v) is 6.28. The van der Waals surface area contributed by atoms with Gasteiger partial charge in [-0.05, 0) is 40.8 Å². The van der Waals surface area contributed by atoms with Crippen molar-refractivity contribution in [1.29, 1.82) is 0 Å². The summed E-state index contributed by atoms with van der Waals surface area (Å²) in [6, 6.07) is 9.11. The summed E-state index contributed by atoms with van der Waals surface area (Å²) in [6.07, 6.45) is 0. The van der Waals surface area contributed by atoms with Crippen molar-refractivity contribution in [3.63, 3.8) is 0 Å². The summed E-state index contributed by atoms with van der Waals surface area (Å²) in [7, 11) is 0. The first kappa shape index (κ1) is 11.7. The number of hydrogen-bond acceptors (Lipinski definition) is 1. The molecule has 0 amide bonds. The van der Waals surface area contributed by atoms with E-state index in [2.05, 4.69) is 52.0 Å². The molecule has 1 aliphatic carbocycles. The second-order valence-corrected chi connectivity index (χ2v) is 5.96. The minimum Gasteiger partial charge on any atom is -0.330 e. The Morgan fingerprint density at radius 3 is 2.12 bits per heavy atom. The topological polar surface area (TPSA) is 26.0 Å². The Bertz CT molecular complexity index is 362. The van der Waals surface area contributed by atoms with Gasteiger partial charge in [0.1, 0.15) is 0 Å². The summed E-state index contributed by atoms with van der Waals surface area (Å²) in [4.78, 5) is 0. The molecule has 1 aliphatic rings. The summed E-state index contributed by atoms with van der Waals surface area (Å²) in [5.74, 6) is 1.95. The molecule has 1 aromatic carbocycles. The van der Waals surface area contributed by atoms with Gasteiger partial charge in [0.15, 0.2) is 0 Å². The van der Waals surface area contributed by atoms with Crippen molar-refractivity contribution < 1.29 is 0 Å². The second-order valence-electron chi connectivity index (χ2n) is 5.96. The van der Waals surface area contributed by atoms with Gasteiger partial charge in [0.2, 0.25) is 0 Å². The maximum atomic E-state index is 5.82. The smallest absolute Gasteiger partial charge is 0.00375 e. The number of nitrogens with two attached hydrogens (primary N) is 1. The predicted octanol–water partition coefficient (Wildman–Crippen LogP) is 3.51. The van der Waals surface area contributed by atoms with E-state index in [0.717, 1.165) is 6.54 Å². The van der Waals surface area contributed by atoms with Gasteiger partial charge in [-0.1, -0.05) is 52.0 Å². The van der Waals surface area contributed by atoms with Crippen LogP contribution in [0.4, 0.5) is 0 Å². The van der Waals surface area contributed by atoms with Crippen molar-refractivity contribution in [1.82, 2.24) is 0 Å². The Hall–Kier alpha value is -0.820. The first-order chi connectivity index (χ1) is 7.48. The van der Waals surface area contributed by atoms with E-state index in [9.17, 15) is 0 Å². The van der Waals surface area contributed by atoms with Gasteiger partial charge in [0.25, 0.3) is 0 Å².